The lowest BCUT2D eigenvalue weighted by Crippen LogP contribution is -2.04. The van der Waals surface area contributed by atoms with Crippen LogP contribution in [0.25, 0.3) is 10.9 Å². The fourth-order valence-corrected chi connectivity index (χ4v) is 3.28. The standard InChI is InChI=1S/C23H26N2O3/c1-4-5-19(13-23(26)27)18-8-10-21(11-9-18)28-15-17-6-7-20-14-24-25(16(2)3)22(20)12-17/h4-12,14,16,19H,13,15H2,1-3H3,(H,26,27)/t19-/m1/s1. The van der Waals surface area contributed by atoms with Crippen LogP contribution >= 0.6 is 0 Å². The predicted molar refractivity (Wildman–Crippen MR) is 111 cm³/mol. The van der Waals surface area contributed by atoms with Gasteiger partial charge in [0.15, 0.2) is 0 Å². The lowest BCUT2D eigenvalue weighted by atomic mass is 9.95. The van der Waals surface area contributed by atoms with E-state index in [9.17, 15) is 4.79 Å². The quantitative estimate of drug-likeness (QED) is 0.538. The lowest BCUT2D eigenvalue weighted by molar-refractivity contribution is -0.137. The SMILES string of the molecule is CC=C[C@H](CC(=O)O)c1ccc(OCc2ccc3cnn(C(C)C)c3c2)cc1. The second-order valence-corrected chi connectivity index (χ2v) is 7.16. The molecule has 3 aromatic rings. The van der Waals surface area contributed by atoms with E-state index in [0.717, 1.165) is 27.8 Å². The number of allylic oxidation sites excluding steroid dienone is 2. The zero-order valence-electron chi connectivity index (χ0n) is 16.5. The number of hydrogen-bond acceptors (Lipinski definition) is 3. The van der Waals surface area contributed by atoms with Crippen LogP contribution in [0.4, 0.5) is 0 Å². The maximum Gasteiger partial charge on any atom is 0.304 e. The van der Waals surface area contributed by atoms with Gasteiger partial charge in [0, 0.05) is 17.3 Å². The molecule has 0 amide bonds. The molecule has 146 valence electrons. The molecular formula is C23H26N2O3. The van der Waals surface area contributed by atoms with Crippen LogP contribution in [0.15, 0.2) is 60.8 Å². The summed E-state index contributed by atoms with van der Waals surface area (Å²) in [4.78, 5) is 11.1. The molecule has 5 heteroatoms. The van der Waals surface area contributed by atoms with Gasteiger partial charge in [0.25, 0.3) is 0 Å². The average Bonchev–Trinajstić information content (AvgIpc) is 3.09. The molecule has 0 unspecified atom stereocenters. The largest absolute Gasteiger partial charge is 0.489 e. The molecule has 2 aromatic carbocycles. The van der Waals surface area contributed by atoms with Crippen molar-refractivity contribution in [3.8, 4) is 5.75 Å². The first kappa shape index (κ1) is 19.7. The number of aliphatic carboxylic acids is 1. The fraction of sp³-hybridized carbons (Fsp3) is 0.304. The Balaban J connectivity index is 1.70. The van der Waals surface area contributed by atoms with E-state index < -0.39 is 5.97 Å². The number of fused-ring (bicyclic) bond motifs is 1. The zero-order chi connectivity index (χ0) is 20.1. The Hall–Kier alpha value is -3.08. The van der Waals surface area contributed by atoms with Crippen LogP contribution in [0, 0.1) is 0 Å². The molecule has 28 heavy (non-hydrogen) atoms. The number of benzene rings is 2. The normalized spacial score (nSPS) is 12.7. The molecule has 5 nitrogen and oxygen atoms in total. The average molecular weight is 378 g/mol. The topological polar surface area (TPSA) is 64.3 Å². The van der Waals surface area contributed by atoms with Gasteiger partial charge >= 0.3 is 5.97 Å². The Morgan fingerprint density at radius 3 is 2.61 bits per heavy atom. The Morgan fingerprint density at radius 2 is 1.96 bits per heavy atom. The lowest BCUT2D eigenvalue weighted by Gasteiger charge is -2.12. The molecule has 3 rings (SSSR count). The second-order valence-electron chi connectivity index (χ2n) is 7.16. The number of rotatable bonds is 8. The summed E-state index contributed by atoms with van der Waals surface area (Å²) in [5, 5.41) is 14.7. The maximum atomic E-state index is 11.1. The van der Waals surface area contributed by atoms with E-state index in [4.69, 9.17) is 9.84 Å². The molecule has 1 aromatic heterocycles. The minimum atomic E-state index is -0.806. The van der Waals surface area contributed by atoms with Crippen molar-refractivity contribution < 1.29 is 14.6 Å². The maximum absolute atomic E-state index is 11.1. The van der Waals surface area contributed by atoms with Gasteiger partial charge in [-0.15, -0.1) is 0 Å². The van der Waals surface area contributed by atoms with Crippen LogP contribution in [0.3, 0.4) is 0 Å². The van der Waals surface area contributed by atoms with Gasteiger partial charge in [-0.05, 0) is 50.1 Å². The summed E-state index contributed by atoms with van der Waals surface area (Å²) in [6, 6.07) is 14.2. The smallest absolute Gasteiger partial charge is 0.304 e. The summed E-state index contributed by atoms with van der Waals surface area (Å²) >= 11 is 0. The Bertz CT molecular complexity index is 971. The molecule has 0 aliphatic rings. The van der Waals surface area contributed by atoms with Crippen molar-refractivity contribution in [1.29, 1.82) is 0 Å². The molecule has 1 N–H and O–H groups in total. The molecule has 0 aliphatic carbocycles. The molecule has 0 fully saturated rings. The van der Waals surface area contributed by atoms with Gasteiger partial charge in [-0.2, -0.15) is 5.10 Å². The number of aromatic nitrogens is 2. The van der Waals surface area contributed by atoms with Crippen molar-refractivity contribution in [3.05, 3.63) is 71.9 Å². The summed E-state index contributed by atoms with van der Waals surface area (Å²) in [5.74, 6) is -0.175. The number of hydrogen-bond donors (Lipinski definition) is 1. The molecule has 0 aliphatic heterocycles. The van der Waals surface area contributed by atoms with Gasteiger partial charge in [0.1, 0.15) is 12.4 Å². The summed E-state index contributed by atoms with van der Waals surface area (Å²) in [5.41, 5.74) is 3.15. The van der Waals surface area contributed by atoms with Crippen molar-refractivity contribution in [2.75, 3.05) is 0 Å². The zero-order valence-corrected chi connectivity index (χ0v) is 16.5. The van der Waals surface area contributed by atoms with Gasteiger partial charge in [-0.1, -0.05) is 36.4 Å². The van der Waals surface area contributed by atoms with E-state index in [1.807, 2.05) is 54.2 Å². The Labute approximate surface area is 165 Å². The summed E-state index contributed by atoms with van der Waals surface area (Å²) in [7, 11) is 0. The summed E-state index contributed by atoms with van der Waals surface area (Å²) in [6.07, 6.45) is 5.76. The Kier molecular flexibility index (Phi) is 6.14. The second kappa shape index (κ2) is 8.74. The van der Waals surface area contributed by atoms with Gasteiger partial charge < -0.3 is 9.84 Å². The number of ether oxygens (including phenoxy) is 1. The first-order chi connectivity index (χ1) is 13.5. The minimum Gasteiger partial charge on any atom is -0.489 e. The molecule has 0 bridgehead atoms. The van der Waals surface area contributed by atoms with Crippen LogP contribution < -0.4 is 4.74 Å². The van der Waals surface area contributed by atoms with E-state index in [1.54, 1.807) is 0 Å². The summed E-state index contributed by atoms with van der Waals surface area (Å²) < 4.78 is 7.94. The number of carboxylic acids is 1. The molecule has 0 spiro atoms. The molecule has 1 atom stereocenters. The molecule has 0 saturated heterocycles. The third kappa shape index (κ3) is 4.60. The number of carboxylic acid groups (broad SMARTS) is 1. The van der Waals surface area contributed by atoms with Crippen molar-refractivity contribution in [3.63, 3.8) is 0 Å². The Morgan fingerprint density at radius 1 is 1.21 bits per heavy atom. The van der Waals surface area contributed by atoms with Crippen LogP contribution in [0.5, 0.6) is 5.75 Å². The van der Waals surface area contributed by atoms with Gasteiger partial charge in [-0.3, -0.25) is 9.48 Å². The van der Waals surface area contributed by atoms with Gasteiger partial charge in [0.2, 0.25) is 0 Å². The highest BCUT2D eigenvalue weighted by Crippen LogP contribution is 2.25. The molecule has 0 radical (unpaired) electrons. The van der Waals surface area contributed by atoms with Gasteiger partial charge in [-0.25, -0.2) is 0 Å². The highest BCUT2D eigenvalue weighted by atomic mass is 16.5. The fourth-order valence-electron chi connectivity index (χ4n) is 3.28. The van der Waals surface area contributed by atoms with Crippen molar-refractivity contribution >= 4 is 16.9 Å². The molecule has 1 heterocycles. The van der Waals surface area contributed by atoms with Crippen molar-refractivity contribution in [2.24, 2.45) is 0 Å². The molecule has 0 saturated carbocycles. The summed E-state index contributed by atoms with van der Waals surface area (Å²) in [6.45, 7) is 6.59. The van der Waals surface area contributed by atoms with E-state index in [2.05, 4.69) is 37.1 Å². The monoisotopic (exact) mass is 378 g/mol. The van der Waals surface area contributed by atoms with Crippen LogP contribution in [0.1, 0.15) is 50.3 Å². The van der Waals surface area contributed by atoms with Crippen LogP contribution in [0.2, 0.25) is 0 Å². The minimum absolute atomic E-state index is 0.0775. The first-order valence-electron chi connectivity index (χ1n) is 9.51. The van der Waals surface area contributed by atoms with E-state index in [0.29, 0.717) is 12.6 Å². The number of carbonyl (C=O) groups is 1. The van der Waals surface area contributed by atoms with E-state index >= 15 is 0 Å². The van der Waals surface area contributed by atoms with Gasteiger partial charge in [0.05, 0.1) is 18.1 Å². The highest BCUT2D eigenvalue weighted by molar-refractivity contribution is 5.79. The van der Waals surface area contributed by atoms with Crippen molar-refractivity contribution in [2.45, 2.75) is 45.8 Å². The van der Waals surface area contributed by atoms with Crippen LogP contribution in [-0.2, 0) is 11.4 Å². The van der Waals surface area contributed by atoms with E-state index in [1.165, 1.54) is 0 Å². The molecular weight excluding hydrogens is 352 g/mol. The highest BCUT2D eigenvalue weighted by Gasteiger charge is 2.12. The van der Waals surface area contributed by atoms with E-state index in [-0.39, 0.29) is 12.3 Å². The third-order valence-electron chi connectivity index (χ3n) is 4.69. The third-order valence-corrected chi connectivity index (χ3v) is 4.69. The predicted octanol–water partition coefficient (Wildman–Crippen LogP) is 5.33. The first-order valence-corrected chi connectivity index (χ1v) is 9.51. The van der Waals surface area contributed by atoms with Crippen molar-refractivity contribution in [1.82, 2.24) is 9.78 Å². The van der Waals surface area contributed by atoms with Crippen LogP contribution in [-0.4, -0.2) is 20.9 Å². The number of nitrogens with zero attached hydrogens (tertiary/aromatic N) is 2.